The zero-order chi connectivity index (χ0) is 29.3. The molecule has 2 aliphatic rings. The molecule has 40 heavy (non-hydrogen) atoms. The summed E-state index contributed by atoms with van der Waals surface area (Å²) in [5.74, 6) is -0.190. The van der Waals surface area contributed by atoms with E-state index in [-0.39, 0.29) is 48.4 Å². The molecule has 0 unspecified atom stereocenters. The van der Waals surface area contributed by atoms with Crippen molar-refractivity contribution in [3.05, 3.63) is 77.1 Å². The van der Waals surface area contributed by atoms with Crippen LogP contribution in [0.15, 0.2) is 53.7 Å². The molecule has 1 fully saturated rings. The molecule has 0 amide bonds. The molecule has 216 valence electrons. The van der Waals surface area contributed by atoms with Gasteiger partial charge in [0.2, 0.25) is 0 Å². The molecule has 2 atom stereocenters. The topological polar surface area (TPSA) is 68.1 Å². The number of rotatable bonds is 5. The van der Waals surface area contributed by atoms with Gasteiger partial charge < -0.3 is 0 Å². The van der Waals surface area contributed by atoms with Gasteiger partial charge in [-0.1, -0.05) is 18.2 Å². The second kappa shape index (κ2) is 9.23. The predicted octanol–water partition coefficient (Wildman–Crippen LogP) is 5.13. The Labute approximate surface area is 223 Å². The maximum atomic E-state index is 14.9. The number of halogens is 8. The third-order valence-electron chi connectivity index (χ3n) is 7.93. The van der Waals surface area contributed by atoms with E-state index in [4.69, 9.17) is 0 Å². The minimum atomic E-state index is -6.31. The van der Waals surface area contributed by atoms with Crippen LogP contribution in [0.25, 0.3) is 0 Å². The second-order valence-electron chi connectivity index (χ2n) is 9.95. The lowest BCUT2D eigenvalue weighted by molar-refractivity contribution is -0.348. The van der Waals surface area contributed by atoms with Crippen LogP contribution >= 0.6 is 0 Å². The van der Waals surface area contributed by atoms with Crippen molar-refractivity contribution in [2.75, 3.05) is 6.54 Å². The van der Waals surface area contributed by atoms with Crippen LogP contribution in [0.2, 0.25) is 0 Å². The molecule has 1 saturated heterocycles. The lowest BCUT2D eigenvalue weighted by atomic mass is 9.77. The van der Waals surface area contributed by atoms with Crippen molar-refractivity contribution in [1.82, 2.24) is 19.7 Å². The zero-order valence-electron chi connectivity index (χ0n) is 20.8. The highest BCUT2D eigenvalue weighted by molar-refractivity contribution is 7.92. The van der Waals surface area contributed by atoms with Crippen molar-refractivity contribution in [1.29, 1.82) is 0 Å². The van der Waals surface area contributed by atoms with Gasteiger partial charge in [0.1, 0.15) is 22.7 Å². The molecule has 0 saturated carbocycles. The fourth-order valence-corrected chi connectivity index (χ4v) is 8.37. The van der Waals surface area contributed by atoms with Crippen LogP contribution in [0.4, 0.5) is 35.1 Å². The van der Waals surface area contributed by atoms with Crippen LogP contribution in [0, 0.1) is 5.82 Å². The molecule has 6 nitrogen and oxygen atoms in total. The molecule has 0 bridgehead atoms. The molecule has 0 N–H and O–H groups in total. The number of benzene rings is 2. The SMILES string of the molecule is Cn1ncnc1CN1CC[C@@]2(S(=O)(=O)c3ccc(F)cc3)c3ccc(C(F)(C(F)(F)F)C(F)(F)F)cc3CC[C@@H]12. The summed E-state index contributed by atoms with van der Waals surface area (Å²) in [4.78, 5) is 5.73. The van der Waals surface area contributed by atoms with Crippen LogP contribution < -0.4 is 0 Å². The van der Waals surface area contributed by atoms with E-state index in [0.717, 1.165) is 30.3 Å². The average Bonchev–Trinajstić information content (AvgIpc) is 3.46. The molecule has 5 rings (SSSR count). The summed E-state index contributed by atoms with van der Waals surface area (Å²) >= 11 is 0. The maximum absolute atomic E-state index is 14.9. The van der Waals surface area contributed by atoms with E-state index in [2.05, 4.69) is 10.1 Å². The van der Waals surface area contributed by atoms with Gasteiger partial charge in [-0.25, -0.2) is 22.2 Å². The number of likely N-dealkylation sites (tertiary alicyclic amines) is 1. The van der Waals surface area contributed by atoms with Crippen LogP contribution in [0.3, 0.4) is 0 Å². The second-order valence-corrected chi connectivity index (χ2v) is 12.2. The van der Waals surface area contributed by atoms with Gasteiger partial charge >= 0.3 is 18.0 Å². The third kappa shape index (κ3) is 4.03. The Morgan fingerprint density at radius 1 is 1.00 bits per heavy atom. The van der Waals surface area contributed by atoms with Crippen LogP contribution in [-0.4, -0.2) is 53.0 Å². The number of hydrogen-bond acceptors (Lipinski definition) is 5. The first-order chi connectivity index (χ1) is 18.5. The number of alkyl halides is 7. The van der Waals surface area contributed by atoms with Gasteiger partial charge in [0.05, 0.1) is 11.4 Å². The molecular formula is C25H22F8N4O2S. The van der Waals surface area contributed by atoms with Crippen molar-refractivity contribution in [3.63, 3.8) is 0 Å². The lowest BCUT2D eigenvalue weighted by Gasteiger charge is -2.43. The quantitative estimate of drug-likeness (QED) is 0.303. The van der Waals surface area contributed by atoms with Gasteiger partial charge in [-0.05, 0) is 54.7 Å². The minimum absolute atomic E-state index is 0.0102. The van der Waals surface area contributed by atoms with Gasteiger partial charge in [0.15, 0.2) is 9.84 Å². The molecule has 0 radical (unpaired) electrons. The zero-order valence-corrected chi connectivity index (χ0v) is 21.6. The third-order valence-corrected chi connectivity index (χ3v) is 10.5. The Bertz CT molecular complexity index is 1520. The Balaban J connectivity index is 1.69. The standard InChI is InChI=1S/C25H22F8N4O2S/c1-36-21(34-14-35-36)13-37-11-10-22(40(38,39)18-6-4-17(26)5-7-18)19-8-3-16(12-15(19)2-9-20(22)37)23(27,24(28,29)30)25(31,32)33/h3-8,12,14,20H,2,9-11,13H2,1H3/t20-,22-/m1/s1. The molecule has 1 aliphatic heterocycles. The van der Waals surface area contributed by atoms with Crippen molar-refractivity contribution < 1.29 is 43.5 Å². The summed E-state index contributed by atoms with van der Waals surface area (Å²) < 4.78 is 138. The van der Waals surface area contributed by atoms with Crippen molar-refractivity contribution in [2.24, 2.45) is 7.05 Å². The normalized spacial score (nSPS) is 22.3. The number of sulfone groups is 1. The summed E-state index contributed by atoms with van der Waals surface area (Å²) in [6.07, 6.45) is -11.4. The van der Waals surface area contributed by atoms with Crippen LogP contribution in [0.1, 0.15) is 35.4 Å². The van der Waals surface area contributed by atoms with Crippen molar-refractivity contribution >= 4 is 9.84 Å². The molecular weight excluding hydrogens is 572 g/mol. The fraction of sp³-hybridized carbons (Fsp3) is 0.440. The largest absolute Gasteiger partial charge is 0.435 e. The maximum Gasteiger partial charge on any atom is 0.435 e. The summed E-state index contributed by atoms with van der Waals surface area (Å²) in [7, 11) is -2.77. The minimum Gasteiger partial charge on any atom is -0.291 e. The number of nitrogens with zero attached hydrogens (tertiary/aromatic N) is 4. The first-order valence-electron chi connectivity index (χ1n) is 12.1. The Kier molecular flexibility index (Phi) is 6.56. The van der Waals surface area contributed by atoms with Gasteiger partial charge in [-0.15, -0.1) is 0 Å². The number of aromatic nitrogens is 3. The molecule has 0 spiro atoms. The first kappa shape index (κ1) is 28.5. The lowest BCUT2D eigenvalue weighted by Crippen LogP contribution is -2.52. The van der Waals surface area contributed by atoms with E-state index in [1.807, 2.05) is 4.90 Å². The van der Waals surface area contributed by atoms with Gasteiger partial charge in [-0.3, -0.25) is 9.58 Å². The highest BCUT2D eigenvalue weighted by Crippen LogP contribution is 2.56. The highest BCUT2D eigenvalue weighted by atomic mass is 32.2. The number of hydrogen-bond donors (Lipinski definition) is 0. The summed E-state index contributed by atoms with van der Waals surface area (Å²) in [6, 6.07) is 4.93. The Hall–Kier alpha value is -3.07. The van der Waals surface area contributed by atoms with E-state index in [1.165, 1.54) is 11.0 Å². The molecule has 3 aromatic rings. The van der Waals surface area contributed by atoms with E-state index < -0.39 is 50.0 Å². The Morgan fingerprint density at radius 2 is 1.65 bits per heavy atom. The van der Waals surface area contributed by atoms with E-state index >= 15 is 0 Å². The number of fused-ring (bicyclic) bond motifs is 3. The van der Waals surface area contributed by atoms with Gasteiger partial charge in [0, 0.05) is 25.2 Å². The average molecular weight is 595 g/mol. The van der Waals surface area contributed by atoms with Crippen LogP contribution in [-0.2, 0) is 40.3 Å². The van der Waals surface area contributed by atoms with Gasteiger partial charge in [0.25, 0.3) is 0 Å². The van der Waals surface area contributed by atoms with E-state index in [0.29, 0.717) is 18.0 Å². The smallest absolute Gasteiger partial charge is 0.291 e. The highest BCUT2D eigenvalue weighted by Gasteiger charge is 2.73. The molecule has 1 aliphatic carbocycles. The molecule has 2 aromatic carbocycles. The molecule has 15 heteroatoms. The first-order valence-corrected chi connectivity index (χ1v) is 13.6. The Morgan fingerprint density at radius 3 is 2.23 bits per heavy atom. The predicted molar refractivity (Wildman–Crippen MR) is 125 cm³/mol. The number of aryl methyl sites for hydroxylation is 2. The summed E-state index contributed by atoms with van der Waals surface area (Å²) in [5, 5.41) is 4.00. The van der Waals surface area contributed by atoms with Crippen LogP contribution in [0.5, 0.6) is 0 Å². The fourth-order valence-electron chi connectivity index (χ4n) is 5.98. The molecule has 2 heterocycles. The van der Waals surface area contributed by atoms with E-state index in [1.54, 1.807) is 7.05 Å². The van der Waals surface area contributed by atoms with Crippen molar-refractivity contribution in [3.8, 4) is 0 Å². The van der Waals surface area contributed by atoms with Crippen molar-refractivity contribution in [2.45, 2.75) is 59.5 Å². The monoisotopic (exact) mass is 594 g/mol. The summed E-state index contributed by atoms with van der Waals surface area (Å²) in [6.45, 7) is 0.363. The van der Waals surface area contributed by atoms with E-state index in [9.17, 15) is 43.5 Å². The summed E-state index contributed by atoms with van der Waals surface area (Å²) in [5.41, 5.74) is -7.46. The molecule has 1 aromatic heterocycles. The van der Waals surface area contributed by atoms with Gasteiger partial charge in [-0.2, -0.15) is 31.4 Å².